The lowest BCUT2D eigenvalue weighted by Gasteiger charge is -2.37. The van der Waals surface area contributed by atoms with Crippen molar-refractivity contribution in [1.29, 1.82) is 0 Å². The molecule has 32 heavy (non-hydrogen) atoms. The van der Waals surface area contributed by atoms with Crippen LogP contribution in [0.5, 0.6) is 0 Å². The lowest BCUT2D eigenvalue weighted by atomic mass is 9.89. The van der Waals surface area contributed by atoms with E-state index in [1.165, 1.54) is 39.1 Å². The highest BCUT2D eigenvalue weighted by atomic mass is 32.1. The van der Waals surface area contributed by atoms with E-state index < -0.39 is 0 Å². The zero-order valence-electron chi connectivity index (χ0n) is 18.9. The first kappa shape index (κ1) is 21.6. The Morgan fingerprint density at radius 3 is 2.66 bits per heavy atom. The van der Waals surface area contributed by atoms with E-state index in [2.05, 4.69) is 52.4 Å². The number of fused-ring (bicyclic) bond motifs is 3. The fraction of sp³-hybridized carbons (Fsp3) is 0.480. The van der Waals surface area contributed by atoms with Gasteiger partial charge >= 0.3 is 0 Å². The Morgan fingerprint density at radius 1 is 1.12 bits per heavy atom. The van der Waals surface area contributed by atoms with Crippen LogP contribution in [0.2, 0.25) is 0 Å². The Balaban J connectivity index is 1.48. The van der Waals surface area contributed by atoms with Crippen LogP contribution < -0.4 is 10.2 Å². The second-order valence-electron chi connectivity index (χ2n) is 9.01. The third-order valence-electron chi connectivity index (χ3n) is 6.74. The van der Waals surface area contributed by atoms with Crippen molar-refractivity contribution in [3.05, 3.63) is 52.2 Å². The Morgan fingerprint density at radius 2 is 1.91 bits per heavy atom. The topological polar surface area (TPSA) is 44.3 Å². The molecular weight excluding hydrogens is 434 g/mol. The molecule has 0 amide bonds. The molecule has 1 aliphatic carbocycles. The maximum Gasteiger partial charge on any atom is 0.168 e. The van der Waals surface area contributed by atoms with Crippen LogP contribution in [0.3, 0.4) is 0 Å². The van der Waals surface area contributed by atoms with Crippen molar-refractivity contribution in [3.8, 4) is 0 Å². The van der Waals surface area contributed by atoms with Gasteiger partial charge in [-0.1, -0.05) is 37.3 Å². The minimum Gasteiger partial charge on any atom is -0.366 e. The van der Waals surface area contributed by atoms with Crippen LogP contribution >= 0.6 is 23.6 Å². The number of thiocarbonyl (C=S) groups is 1. The number of hydrogen-bond donors (Lipinski definition) is 1. The van der Waals surface area contributed by atoms with Gasteiger partial charge in [0.1, 0.15) is 16.5 Å². The second-order valence-corrected chi connectivity index (χ2v) is 10.5. The number of benzene rings is 1. The predicted molar refractivity (Wildman–Crippen MR) is 138 cm³/mol. The molecule has 1 aliphatic heterocycles. The van der Waals surface area contributed by atoms with Gasteiger partial charge in [0, 0.05) is 44.5 Å². The highest BCUT2D eigenvalue weighted by molar-refractivity contribution is 7.80. The van der Waals surface area contributed by atoms with Gasteiger partial charge in [-0.25, -0.2) is 9.97 Å². The highest BCUT2D eigenvalue weighted by Gasteiger charge is 2.27. The van der Waals surface area contributed by atoms with Crippen molar-refractivity contribution in [2.75, 3.05) is 38.1 Å². The van der Waals surface area contributed by atoms with Gasteiger partial charge in [0.05, 0.1) is 5.39 Å². The van der Waals surface area contributed by atoms with Crippen LogP contribution in [0.1, 0.15) is 35.2 Å². The van der Waals surface area contributed by atoms with E-state index >= 15 is 0 Å². The monoisotopic (exact) mass is 465 g/mol. The minimum absolute atomic E-state index is 0.760. The molecule has 0 unspecified atom stereocenters. The van der Waals surface area contributed by atoms with Gasteiger partial charge in [-0.3, -0.25) is 0 Å². The van der Waals surface area contributed by atoms with Crippen molar-refractivity contribution in [3.63, 3.8) is 0 Å². The molecule has 5 rings (SSSR count). The van der Waals surface area contributed by atoms with E-state index in [1.54, 1.807) is 0 Å². The van der Waals surface area contributed by atoms with Crippen molar-refractivity contribution in [1.82, 2.24) is 20.2 Å². The third kappa shape index (κ3) is 4.33. The molecule has 0 bridgehead atoms. The normalized spacial score (nSPS) is 18.6. The van der Waals surface area contributed by atoms with E-state index in [1.807, 2.05) is 18.4 Å². The Hall–Kier alpha value is -2.25. The second kappa shape index (κ2) is 9.32. The first-order valence-electron chi connectivity index (χ1n) is 11.7. The van der Waals surface area contributed by atoms with E-state index in [4.69, 9.17) is 22.2 Å². The number of anilines is 1. The van der Waals surface area contributed by atoms with Crippen LogP contribution in [0, 0.1) is 5.92 Å². The molecule has 1 atom stereocenters. The lowest BCUT2D eigenvalue weighted by Crippen LogP contribution is -2.51. The number of piperazine rings is 1. The summed E-state index contributed by atoms with van der Waals surface area (Å²) in [6.45, 7) is 6.09. The molecule has 0 radical (unpaired) electrons. The maximum absolute atomic E-state index is 5.46. The summed E-state index contributed by atoms with van der Waals surface area (Å²) in [4.78, 5) is 17.7. The molecule has 1 aromatic carbocycles. The van der Waals surface area contributed by atoms with E-state index in [9.17, 15) is 0 Å². The summed E-state index contributed by atoms with van der Waals surface area (Å²) in [6, 6.07) is 10.7. The molecule has 2 aliphatic rings. The fourth-order valence-corrected chi connectivity index (χ4v) is 6.47. The van der Waals surface area contributed by atoms with Crippen LogP contribution in [0.15, 0.2) is 30.3 Å². The maximum atomic E-state index is 5.46. The van der Waals surface area contributed by atoms with Gasteiger partial charge in [-0.15, -0.1) is 11.3 Å². The number of rotatable bonds is 4. The highest BCUT2D eigenvalue weighted by Crippen LogP contribution is 2.41. The summed E-state index contributed by atoms with van der Waals surface area (Å²) >= 11 is 7.37. The predicted octanol–water partition coefficient (Wildman–Crippen LogP) is 4.23. The van der Waals surface area contributed by atoms with Crippen molar-refractivity contribution in [2.45, 2.75) is 39.0 Å². The average molecular weight is 466 g/mol. The molecular formula is C25H31N5S2. The number of nitrogens with zero attached hydrogens (tertiary/aromatic N) is 4. The van der Waals surface area contributed by atoms with E-state index in [-0.39, 0.29) is 0 Å². The lowest BCUT2D eigenvalue weighted by molar-refractivity contribution is 0.382. The van der Waals surface area contributed by atoms with Gasteiger partial charge < -0.3 is 15.1 Å². The largest absolute Gasteiger partial charge is 0.366 e. The SMILES string of the molecule is CNC(=S)N1CCN(c2nc(CCc3ccccc3)nc3sc4c(c23)CC[C@@H](C)C4)CC1. The van der Waals surface area contributed by atoms with Crippen LogP contribution in [-0.4, -0.2) is 53.2 Å². The molecule has 5 nitrogen and oxygen atoms in total. The zero-order chi connectivity index (χ0) is 22.1. The molecule has 0 spiro atoms. The molecule has 0 saturated carbocycles. The summed E-state index contributed by atoms with van der Waals surface area (Å²) in [5, 5.41) is 5.28. The standard InChI is InChI=1S/C25H31N5S2/c1-17-8-10-19-20(16-17)32-24-22(19)23(29-12-14-30(15-13-29)25(31)26-2)27-21(28-24)11-9-18-6-4-3-5-7-18/h3-7,17H,8-16H2,1-2H3,(H,26,31)/t17-/m1/s1. The van der Waals surface area contributed by atoms with Crippen molar-refractivity contribution < 1.29 is 0 Å². The molecule has 3 heterocycles. The smallest absolute Gasteiger partial charge is 0.168 e. The number of thiophene rings is 1. The average Bonchev–Trinajstić information content (AvgIpc) is 3.19. The van der Waals surface area contributed by atoms with Gasteiger partial charge in [0.2, 0.25) is 0 Å². The summed E-state index contributed by atoms with van der Waals surface area (Å²) in [7, 11) is 1.90. The van der Waals surface area contributed by atoms with Crippen LogP contribution in [0.4, 0.5) is 5.82 Å². The van der Waals surface area contributed by atoms with Crippen LogP contribution in [0.25, 0.3) is 10.2 Å². The van der Waals surface area contributed by atoms with Gasteiger partial charge in [-0.2, -0.15) is 0 Å². The molecule has 1 saturated heterocycles. The Kier molecular flexibility index (Phi) is 6.28. The van der Waals surface area contributed by atoms with Gasteiger partial charge in [0.25, 0.3) is 0 Å². The molecule has 2 aromatic heterocycles. The summed E-state index contributed by atoms with van der Waals surface area (Å²) in [5.41, 5.74) is 2.85. The number of aryl methyl sites for hydroxylation is 3. The number of hydrogen-bond acceptors (Lipinski definition) is 5. The van der Waals surface area contributed by atoms with Crippen molar-refractivity contribution >= 4 is 44.7 Å². The quantitative estimate of drug-likeness (QED) is 0.582. The van der Waals surface area contributed by atoms with E-state index in [0.29, 0.717) is 0 Å². The third-order valence-corrected chi connectivity index (χ3v) is 8.35. The molecule has 7 heteroatoms. The fourth-order valence-electron chi connectivity index (χ4n) is 4.89. The molecule has 1 fully saturated rings. The van der Waals surface area contributed by atoms with Crippen LogP contribution in [-0.2, 0) is 25.7 Å². The van der Waals surface area contributed by atoms with Gasteiger partial charge in [0.15, 0.2) is 5.11 Å². The summed E-state index contributed by atoms with van der Waals surface area (Å²) in [6.07, 6.45) is 5.44. The zero-order valence-corrected chi connectivity index (χ0v) is 20.6. The summed E-state index contributed by atoms with van der Waals surface area (Å²) < 4.78 is 0. The van der Waals surface area contributed by atoms with Gasteiger partial charge in [-0.05, 0) is 54.9 Å². The Labute approximate surface area is 199 Å². The Bertz CT molecular complexity index is 1100. The molecule has 1 N–H and O–H groups in total. The molecule has 3 aromatic rings. The first-order valence-corrected chi connectivity index (χ1v) is 12.9. The number of nitrogens with one attached hydrogen (secondary N) is 1. The summed E-state index contributed by atoms with van der Waals surface area (Å²) in [5.74, 6) is 2.88. The molecule has 168 valence electrons. The van der Waals surface area contributed by atoms with Crippen molar-refractivity contribution in [2.24, 2.45) is 5.92 Å². The minimum atomic E-state index is 0.760. The number of aromatic nitrogens is 2. The first-order chi connectivity index (χ1) is 15.6. The van der Waals surface area contributed by atoms with E-state index in [0.717, 1.165) is 68.1 Å².